The summed E-state index contributed by atoms with van der Waals surface area (Å²) in [5, 5.41) is 16.7. The fourth-order valence-electron chi connectivity index (χ4n) is 3.55. The van der Waals surface area contributed by atoms with E-state index in [2.05, 4.69) is 26.0 Å². The van der Waals surface area contributed by atoms with E-state index < -0.39 is 18.0 Å². The molecule has 1 aromatic carbocycles. The van der Waals surface area contributed by atoms with Crippen LogP contribution in [0.3, 0.4) is 0 Å². The fourth-order valence-corrected chi connectivity index (χ4v) is 3.55. The largest absolute Gasteiger partial charge is 0.442 e. The maximum atomic E-state index is 15.0. The van der Waals surface area contributed by atoms with Crippen LogP contribution in [0.1, 0.15) is 19.5 Å². The zero-order valence-electron chi connectivity index (χ0n) is 20.5. The number of hydrogen-bond acceptors (Lipinski definition) is 9. The second-order valence-corrected chi connectivity index (χ2v) is 8.06. The maximum Gasteiger partial charge on any atom is 0.414 e. The average Bonchev–Trinajstić information content (AvgIpc) is 3.50. The van der Waals surface area contributed by atoms with Gasteiger partial charge in [0.2, 0.25) is 5.91 Å². The summed E-state index contributed by atoms with van der Waals surface area (Å²) in [6, 6.07) is 4.50. The number of nitrogens with one attached hydrogen (secondary N) is 3. The lowest BCUT2D eigenvalue weighted by Gasteiger charge is -2.26. The molecule has 3 N–H and O–H groups in total. The topological polar surface area (TPSA) is 145 Å². The molecule has 0 saturated carbocycles. The van der Waals surface area contributed by atoms with Gasteiger partial charge in [-0.15, -0.1) is 5.10 Å². The van der Waals surface area contributed by atoms with Gasteiger partial charge in [0.15, 0.2) is 0 Å². The summed E-state index contributed by atoms with van der Waals surface area (Å²) in [7, 11) is 1.51. The molecule has 0 unspecified atom stereocenters. The van der Waals surface area contributed by atoms with Gasteiger partial charge in [-0.25, -0.2) is 14.2 Å². The van der Waals surface area contributed by atoms with Crippen molar-refractivity contribution < 1.29 is 28.3 Å². The van der Waals surface area contributed by atoms with Crippen LogP contribution in [0, 0.1) is 5.82 Å². The molecule has 1 aliphatic rings. The SMILES string of the molecule is CCN(CCON(C)C(=O)CNCc1c[nH]nn1)c1ccc(N2C[C@H](CNC(C)=O)OC2=O)cc1F. The highest BCUT2D eigenvalue weighted by atomic mass is 19.1. The van der Waals surface area contributed by atoms with Gasteiger partial charge >= 0.3 is 6.09 Å². The van der Waals surface area contributed by atoms with E-state index in [9.17, 15) is 18.8 Å². The van der Waals surface area contributed by atoms with Gasteiger partial charge in [-0.1, -0.05) is 5.21 Å². The Morgan fingerprint density at radius 3 is 2.86 bits per heavy atom. The fraction of sp³-hybridized carbons (Fsp3) is 0.500. The highest BCUT2D eigenvalue weighted by Crippen LogP contribution is 2.28. The molecule has 0 bridgehead atoms. The summed E-state index contributed by atoms with van der Waals surface area (Å²) in [5.74, 6) is -1.00. The molecule has 196 valence electrons. The molecular formula is C22H31FN8O5. The van der Waals surface area contributed by atoms with Crippen molar-refractivity contribution in [1.29, 1.82) is 0 Å². The summed E-state index contributed by atoms with van der Waals surface area (Å²) in [4.78, 5) is 44.1. The zero-order chi connectivity index (χ0) is 26.1. The number of amides is 3. The average molecular weight is 507 g/mol. The van der Waals surface area contributed by atoms with Crippen LogP contribution in [0.15, 0.2) is 24.4 Å². The van der Waals surface area contributed by atoms with Crippen molar-refractivity contribution >= 4 is 29.3 Å². The number of aromatic amines is 1. The van der Waals surface area contributed by atoms with Gasteiger partial charge in [0.05, 0.1) is 43.3 Å². The lowest BCUT2D eigenvalue weighted by molar-refractivity contribution is -0.176. The first-order valence-corrected chi connectivity index (χ1v) is 11.5. The van der Waals surface area contributed by atoms with Crippen LogP contribution < -0.4 is 20.4 Å². The van der Waals surface area contributed by atoms with Gasteiger partial charge in [0.25, 0.3) is 5.91 Å². The normalized spacial score (nSPS) is 15.1. The molecule has 3 rings (SSSR count). The first-order valence-electron chi connectivity index (χ1n) is 11.5. The van der Waals surface area contributed by atoms with Crippen molar-refractivity contribution in [3.63, 3.8) is 0 Å². The standard InChI is InChI=1S/C22H31FN8O5/c1-4-30(7-8-35-29(3)21(33)13-24-10-16-11-26-28-27-16)20-6-5-17(9-19(20)23)31-14-18(36-22(31)34)12-25-15(2)32/h5-6,9,11,18,24H,4,7-8,10,12-14H2,1-3H3,(H,25,32)(H,26,27,28)/t18-/m0/s1. The second kappa shape index (κ2) is 12.8. The van der Waals surface area contributed by atoms with E-state index in [0.29, 0.717) is 36.7 Å². The molecule has 1 aromatic heterocycles. The Morgan fingerprint density at radius 1 is 1.39 bits per heavy atom. The number of rotatable bonds is 13. The van der Waals surface area contributed by atoms with E-state index in [0.717, 1.165) is 5.06 Å². The van der Waals surface area contributed by atoms with Crippen LogP contribution in [0.2, 0.25) is 0 Å². The third-order valence-electron chi connectivity index (χ3n) is 5.47. The van der Waals surface area contributed by atoms with Gasteiger partial charge in [-0.05, 0) is 25.1 Å². The number of aromatic nitrogens is 3. The Balaban J connectivity index is 1.48. The van der Waals surface area contributed by atoms with Crippen LogP contribution in [0.5, 0.6) is 0 Å². The Kier molecular flexibility index (Phi) is 9.53. The minimum absolute atomic E-state index is 0.0571. The molecule has 14 heteroatoms. The zero-order valence-corrected chi connectivity index (χ0v) is 20.5. The second-order valence-electron chi connectivity index (χ2n) is 8.06. The summed E-state index contributed by atoms with van der Waals surface area (Å²) >= 11 is 0. The van der Waals surface area contributed by atoms with Crippen LogP contribution >= 0.6 is 0 Å². The quantitative estimate of drug-likeness (QED) is 0.329. The number of carbonyl (C=O) groups is 3. The van der Waals surface area contributed by atoms with Gasteiger partial charge in [0, 0.05) is 39.8 Å². The van der Waals surface area contributed by atoms with E-state index >= 15 is 0 Å². The summed E-state index contributed by atoms with van der Waals surface area (Å²) in [5.41, 5.74) is 1.39. The lowest BCUT2D eigenvalue weighted by Crippen LogP contribution is -2.37. The number of hydrogen-bond donors (Lipinski definition) is 3. The van der Waals surface area contributed by atoms with Gasteiger partial charge in [-0.2, -0.15) is 0 Å². The highest BCUT2D eigenvalue weighted by molar-refractivity contribution is 5.90. The van der Waals surface area contributed by atoms with Crippen LogP contribution in [0.25, 0.3) is 0 Å². The number of hydroxylamine groups is 2. The molecule has 2 aromatic rings. The molecule has 1 saturated heterocycles. The molecule has 36 heavy (non-hydrogen) atoms. The summed E-state index contributed by atoms with van der Waals surface area (Å²) in [6.07, 6.45) is 0.525. The number of benzene rings is 1. The molecule has 0 radical (unpaired) electrons. The Bertz CT molecular complexity index is 1040. The van der Waals surface area contributed by atoms with E-state index in [-0.39, 0.29) is 38.1 Å². The van der Waals surface area contributed by atoms with Crippen molar-refractivity contribution in [3.05, 3.63) is 35.9 Å². The minimum atomic E-state index is -0.596. The third kappa shape index (κ3) is 7.36. The van der Waals surface area contributed by atoms with Crippen molar-refractivity contribution in [2.45, 2.75) is 26.5 Å². The van der Waals surface area contributed by atoms with Crippen molar-refractivity contribution in [1.82, 2.24) is 31.1 Å². The number of nitrogens with zero attached hydrogens (tertiary/aromatic N) is 5. The van der Waals surface area contributed by atoms with Crippen molar-refractivity contribution in [2.24, 2.45) is 0 Å². The Labute approximate surface area is 207 Å². The molecule has 3 amide bonds. The van der Waals surface area contributed by atoms with Crippen molar-refractivity contribution in [2.75, 3.05) is 56.2 Å². The monoisotopic (exact) mass is 506 g/mol. The minimum Gasteiger partial charge on any atom is -0.442 e. The number of ether oxygens (including phenoxy) is 1. The molecule has 1 atom stereocenters. The Morgan fingerprint density at radius 2 is 2.19 bits per heavy atom. The molecular weight excluding hydrogens is 475 g/mol. The van der Waals surface area contributed by atoms with E-state index in [4.69, 9.17) is 9.57 Å². The highest BCUT2D eigenvalue weighted by Gasteiger charge is 2.32. The summed E-state index contributed by atoms with van der Waals surface area (Å²) in [6.45, 7) is 5.09. The third-order valence-corrected chi connectivity index (χ3v) is 5.47. The van der Waals surface area contributed by atoms with Crippen LogP contribution in [-0.2, 0) is 25.7 Å². The van der Waals surface area contributed by atoms with E-state index in [1.165, 1.54) is 24.9 Å². The smallest absolute Gasteiger partial charge is 0.414 e. The van der Waals surface area contributed by atoms with Crippen LogP contribution in [-0.4, -0.2) is 90.9 Å². The van der Waals surface area contributed by atoms with Crippen molar-refractivity contribution in [3.8, 4) is 0 Å². The molecule has 13 nitrogen and oxygen atoms in total. The number of anilines is 2. The first kappa shape index (κ1) is 26.8. The maximum absolute atomic E-state index is 15.0. The van der Waals surface area contributed by atoms with Gasteiger partial charge in [0.1, 0.15) is 11.9 Å². The predicted molar refractivity (Wildman–Crippen MR) is 127 cm³/mol. The Hall–Kier alpha value is -3.78. The number of halogens is 1. The summed E-state index contributed by atoms with van der Waals surface area (Å²) < 4.78 is 20.2. The lowest BCUT2D eigenvalue weighted by atomic mass is 10.2. The molecule has 0 aliphatic carbocycles. The molecule has 2 heterocycles. The number of H-pyrrole nitrogens is 1. The molecule has 1 aliphatic heterocycles. The molecule has 1 fully saturated rings. The number of likely N-dealkylation sites (N-methyl/N-ethyl adjacent to an activating group) is 2. The van der Waals surface area contributed by atoms with E-state index in [1.807, 2.05) is 6.92 Å². The van der Waals surface area contributed by atoms with Gasteiger partial charge < -0.3 is 20.3 Å². The molecule has 0 spiro atoms. The predicted octanol–water partition coefficient (Wildman–Crippen LogP) is 0.411. The van der Waals surface area contributed by atoms with Gasteiger partial charge in [-0.3, -0.25) is 24.4 Å². The number of cyclic esters (lactones) is 1. The number of carbonyl (C=O) groups excluding carboxylic acids is 3. The van der Waals surface area contributed by atoms with Crippen LogP contribution in [0.4, 0.5) is 20.6 Å². The van der Waals surface area contributed by atoms with E-state index in [1.54, 1.807) is 23.2 Å². The first-order chi connectivity index (χ1) is 17.3.